The van der Waals surface area contributed by atoms with E-state index in [9.17, 15) is 9.59 Å². The molecule has 3 rings (SSSR count). The molecule has 5 heteroatoms. The number of rotatable bonds is 3. The van der Waals surface area contributed by atoms with Gasteiger partial charge in [0.25, 0.3) is 0 Å². The van der Waals surface area contributed by atoms with E-state index in [-0.39, 0.29) is 5.69 Å². The summed E-state index contributed by atoms with van der Waals surface area (Å²) in [6.07, 6.45) is 0. The van der Waals surface area contributed by atoms with Crippen LogP contribution < -0.4 is 4.74 Å². The zero-order valence-electron chi connectivity index (χ0n) is 11.8. The smallest absolute Gasteiger partial charge is 0.362 e. The van der Waals surface area contributed by atoms with Crippen LogP contribution in [0.2, 0.25) is 0 Å². The first-order valence-electron chi connectivity index (χ1n) is 6.65. The first-order chi connectivity index (χ1) is 10.7. The Balaban J connectivity index is 1.82. The monoisotopic (exact) mass is 295 g/mol. The molecule has 22 heavy (non-hydrogen) atoms. The number of hydrogen-bond donors (Lipinski definition) is 1. The van der Waals surface area contributed by atoms with Gasteiger partial charge in [0.2, 0.25) is 0 Å². The molecule has 110 valence electrons. The third-order valence-electron chi connectivity index (χ3n) is 3.24. The van der Waals surface area contributed by atoms with Gasteiger partial charge in [0.15, 0.2) is 0 Å². The average molecular weight is 295 g/mol. The van der Waals surface area contributed by atoms with E-state index in [4.69, 9.17) is 9.47 Å². The third-order valence-corrected chi connectivity index (χ3v) is 3.24. The number of nitrogens with one attached hydrogen (secondary N) is 1. The van der Waals surface area contributed by atoms with E-state index in [2.05, 4.69) is 4.98 Å². The Morgan fingerprint density at radius 3 is 2.45 bits per heavy atom. The predicted octanol–water partition coefficient (Wildman–Crippen LogP) is 3.17. The first kappa shape index (κ1) is 13.9. The highest BCUT2D eigenvalue weighted by atomic mass is 16.6. The predicted molar refractivity (Wildman–Crippen MR) is 81.0 cm³/mol. The van der Waals surface area contributed by atoms with Crippen molar-refractivity contribution in [1.29, 1.82) is 0 Å². The molecule has 0 saturated heterocycles. The van der Waals surface area contributed by atoms with Crippen molar-refractivity contribution in [2.45, 2.75) is 0 Å². The Morgan fingerprint density at radius 2 is 1.73 bits per heavy atom. The molecule has 1 N–H and O–H groups in total. The van der Waals surface area contributed by atoms with Crippen LogP contribution in [0.5, 0.6) is 5.75 Å². The Bertz CT molecular complexity index is 836. The van der Waals surface area contributed by atoms with Gasteiger partial charge in [-0.05, 0) is 36.4 Å². The van der Waals surface area contributed by atoms with Gasteiger partial charge in [-0.1, -0.05) is 18.2 Å². The van der Waals surface area contributed by atoms with Crippen LogP contribution in [0.4, 0.5) is 0 Å². The summed E-state index contributed by atoms with van der Waals surface area (Å²) < 4.78 is 10.00. The number of carbonyl (C=O) groups is 2. The molecule has 0 radical (unpaired) electrons. The summed E-state index contributed by atoms with van der Waals surface area (Å²) in [7, 11) is 1.57. The number of ether oxygens (including phenoxy) is 2. The Labute approximate surface area is 126 Å². The summed E-state index contributed by atoms with van der Waals surface area (Å²) in [5.74, 6) is -0.711. The molecule has 1 heterocycles. The lowest BCUT2D eigenvalue weighted by Crippen LogP contribution is -2.12. The number of hydrogen-bond acceptors (Lipinski definition) is 4. The number of aromatic amines is 1. The molecular formula is C17H13NO4. The van der Waals surface area contributed by atoms with E-state index in [1.54, 1.807) is 61.7 Å². The maximum absolute atomic E-state index is 12.0. The molecule has 1 aromatic heterocycles. The molecular weight excluding hydrogens is 282 g/mol. The second-order valence-electron chi connectivity index (χ2n) is 4.68. The van der Waals surface area contributed by atoms with Gasteiger partial charge in [-0.15, -0.1) is 0 Å². The van der Waals surface area contributed by atoms with Crippen molar-refractivity contribution in [3.05, 3.63) is 65.9 Å². The zero-order chi connectivity index (χ0) is 15.5. The summed E-state index contributed by atoms with van der Waals surface area (Å²) in [6.45, 7) is 0. The first-order valence-corrected chi connectivity index (χ1v) is 6.65. The minimum Gasteiger partial charge on any atom is -0.497 e. The summed E-state index contributed by atoms with van der Waals surface area (Å²) >= 11 is 0. The quantitative estimate of drug-likeness (QED) is 0.595. The fourth-order valence-electron chi connectivity index (χ4n) is 2.12. The molecule has 0 aliphatic heterocycles. The minimum absolute atomic E-state index is 0.215. The van der Waals surface area contributed by atoms with Crippen molar-refractivity contribution in [2.24, 2.45) is 0 Å². The van der Waals surface area contributed by atoms with Gasteiger partial charge >= 0.3 is 11.9 Å². The lowest BCUT2D eigenvalue weighted by atomic mass is 10.2. The van der Waals surface area contributed by atoms with Crippen LogP contribution in [-0.4, -0.2) is 24.0 Å². The van der Waals surface area contributed by atoms with E-state index in [1.165, 1.54) is 0 Å². The second-order valence-corrected chi connectivity index (χ2v) is 4.68. The van der Waals surface area contributed by atoms with Crippen LogP contribution in [0.3, 0.4) is 0 Å². The highest BCUT2D eigenvalue weighted by Gasteiger charge is 2.16. The minimum atomic E-state index is -0.719. The van der Waals surface area contributed by atoms with Crippen LogP contribution in [-0.2, 0) is 4.74 Å². The molecule has 0 amide bonds. The van der Waals surface area contributed by atoms with Crippen LogP contribution in [0.25, 0.3) is 10.9 Å². The molecule has 5 nitrogen and oxygen atoms in total. The van der Waals surface area contributed by atoms with Crippen molar-refractivity contribution in [1.82, 2.24) is 4.98 Å². The van der Waals surface area contributed by atoms with Gasteiger partial charge in [-0.25, -0.2) is 9.59 Å². The normalized spacial score (nSPS) is 10.4. The molecule has 0 saturated carbocycles. The number of esters is 2. The van der Waals surface area contributed by atoms with Gasteiger partial charge < -0.3 is 14.5 Å². The van der Waals surface area contributed by atoms with E-state index in [1.807, 2.05) is 0 Å². The Hall–Kier alpha value is -3.08. The molecule has 3 aromatic rings. The molecule has 2 aromatic carbocycles. The van der Waals surface area contributed by atoms with Crippen LogP contribution in [0.15, 0.2) is 54.6 Å². The number of carbonyl (C=O) groups excluding carboxylic acids is 2. The standard InChI is InChI=1S/C17H13NO4/c1-21-13-7-8-14-12(9-13)10-15(18-14)17(20)22-16(19)11-5-3-2-4-6-11/h2-10,18H,1H3. The second kappa shape index (κ2) is 5.73. The lowest BCUT2D eigenvalue weighted by Gasteiger charge is -2.00. The largest absolute Gasteiger partial charge is 0.497 e. The average Bonchev–Trinajstić information content (AvgIpc) is 2.98. The van der Waals surface area contributed by atoms with Gasteiger partial charge in [-0.2, -0.15) is 0 Å². The van der Waals surface area contributed by atoms with Gasteiger partial charge in [0, 0.05) is 10.9 Å². The van der Waals surface area contributed by atoms with Crippen molar-refractivity contribution in [3.63, 3.8) is 0 Å². The summed E-state index contributed by atoms with van der Waals surface area (Å²) in [4.78, 5) is 26.8. The van der Waals surface area contributed by atoms with E-state index >= 15 is 0 Å². The number of aromatic nitrogens is 1. The van der Waals surface area contributed by atoms with Crippen LogP contribution >= 0.6 is 0 Å². The summed E-state index contributed by atoms with van der Waals surface area (Å²) in [5, 5.41) is 0.804. The lowest BCUT2D eigenvalue weighted by molar-refractivity contribution is 0.0394. The molecule has 0 aliphatic carbocycles. The van der Waals surface area contributed by atoms with Crippen molar-refractivity contribution >= 4 is 22.8 Å². The Kier molecular flexibility index (Phi) is 3.62. The molecule has 0 spiro atoms. The van der Waals surface area contributed by atoms with Gasteiger partial charge in [0.1, 0.15) is 11.4 Å². The maximum atomic E-state index is 12.0. The van der Waals surface area contributed by atoms with Gasteiger partial charge in [-0.3, -0.25) is 0 Å². The molecule has 0 atom stereocenters. The van der Waals surface area contributed by atoms with E-state index in [0.717, 1.165) is 10.9 Å². The third kappa shape index (κ3) is 2.69. The SMILES string of the molecule is COc1ccc2[nH]c(C(=O)OC(=O)c3ccccc3)cc2c1. The zero-order valence-corrected chi connectivity index (χ0v) is 11.8. The molecule has 0 fully saturated rings. The van der Waals surface area contributed by atoms with E-state index in [0.29, 0.717) is 11.3 Å². The topological polar surface area (TPSA) is 68.4 Å². The highest BCUT2D eigenvalue weighted by Crippen LogP contribution is 2.21. The van der Waals surface area contributed by atoms with Crippen LogP contribution in [0, 0.1) is 0 Å². The number of methoxy groups -OCH3 is 1. The molecule has 0 aliphatic rings. The summed E-state index contributed by atoms with van der Waals surface area (Å²) in [5.41, 5.74) is 1.31. The van der Waals surface area contributed by atoms with Crippen LogP contribution in [0.1, 0.15) is 20.8 Å². The number of fused-ring (bicyclic) bond motifs is 1. The maximum Gasteiger partial charge on any atom is 0.362 e. The molecule has 0 bridgehead atoms. The number of benzene rings is 2. The fourth-order valence-corrected chi connectivity index (χ4v) is 2.12. The van der Waals surface area contributed by atoms with E-state index < -0.39 is 11.9 Å². The van der Waals surface area contributed by atoms with Crippen molar-refractivity contribution in [3.8, 4) is 5.75 Å². The number of H-pyrrole nitrogens is 1. The van der Waals surface area contributed by atoms with Gasteiger partial charge in [0.05, 0.1) is 12.7 Å². The molecule has 0 unspecified atom stereocenters. The Morgan fingerprint density at radius 1 is 0.955 bits per heavy atom. The van der Waals surface area contributed by atoms with Crippen molar-refractivity contribution < 1.29 is 19.1 Å². The summed E-state index contributed by atoms with van der Waals surface area (Å²) in [6, 6.07) is 15.4. The highest BCUT2D eigenvalue weighted by molar-refractivity contribution is 6.03. The fraction of sp³-hybridized carbons (Fsp3) is 0.0588. The van der Waals surface area contributed by atoms with Crippen molar-refractivity contribution in [2.75, 3.05) is 7.11 Å².